The molecular weight excluding hydrogens is 399 g/mol. The van der Waals surface area contributed by atoms with Crippen molar-refractivity contribution in [1.29, 1.82) is 0 Å². The molecule has 2 atom stereocenters. The van der Waals surface area contributed by atoms with Crippen LogP contribution in [0.15, 0.2) is 72.9 Å². The molecule has 0 amide bonds. The maximum absolute atomic E-state index is 13.2. The third-order valence-electron chi connectivity index (χ3n) is 6.74. The first-order chi connectivity index (χ1) is 15.5. The highest BCUT2D eigenvalue weighted by atomic mass is 19.1. The lowest BCUT2D eigenvalue weighted by Gasteiger charge is -2.30. The Kier molecular flexibility index (Phi) is 5.58. The molecule has 1 aromatic heterocycles. The van der Waals surface area contributed by atoms with Crippen molar-refractivity contribution >= 4 is 10.9 Å². The molecule has 0 bridgehead atoms. The number of hydrogen-bond acceptors (Lipinski definition) is 2. The van der Waals surface area contributed by atoms with Crippen LogP contribution in [0.3, 0.4) is 0 Å². The second kappa shape index (κ2) is 8.53. The van der Waals surface area contributed by atoms with Crippen molar-refractivity contribution in [3.05, 3.63) is 95.4 Å². The van der Waals surface area contributed by atoms with Crippen molar-refractivity contribution in [3.63, 3.8) is 0 Å². The van der Waals surface area contributed by atoms with E-state index in [-0.39, 0.29) is 18.0 Å². The molecule has 1 aliphatic heterocycles. The SMILES string of the molecule is CN(C)C(CCc1ccc(F)cc1)C1OCc2cc(-c3ccc4c(ccn4C)c3)ccc21. The fourth-order valence-corrected chi connectivity index (χ4v) is 4.88. The summed E-state index contributed by atoms with van der Waals surface area (Å²) in [5.74, 6) is -0.187. The lowest BCUT2D eigenvalue weighted by molar-refractivity contribution is 0.00519. The molecule has 1 aliphatic rings. The van der Waals surface area contributed by atoms with Crippen LogP contribution in [-0.2, 0) is 24.8 Å². The maximum atomic E-state index is 13.2. The number of ether oxygens (including phenoxy) is 1. The van der Waals surface area contributed by atoms with E-state index in [4.69, 9.17) is 4.74 Å². The van der Waals surface area contributed by atoms with E-state index in [1.807, 2.05) is 12.1 Å². The number of fused-ring (bicyclic) bond motifs is 2. The van der Waals surface area contributed by atoms with Crippen LogP contribution in [0.1, 0.15) is 29.2 Å². The Labute approximate surface area is 189 Å². The van der Waals surface area contributed by atoms with Gasteiger partial charge >= 0.3 is 0 Å². The van der Waals surface area contributed by atoms with Crippen LogP contribution in [0.2, 0.25) is 0 Å². The molecule has 0 radical (unpaired) electrons. The van der Waals surface area contributed by atoms with Gasteiger partial charge in [0.25, 0.3) is 0 Å². The Morgan fingerprint density at radius 2 is 1.75 bits per heavy atom. The third-order valence-corrected chi connectivity index (χ3v) is 6.74. The number of nitrogens with zero attached hydrogens (tertiary/aromatic N) is 2. The molecule has 0 N–H and O–H groups in total. The fraction of sp³-hybridized carbons (Fsp3) is 0.286. The molecular formula is C28H29FN2O. The standard InChI is InChI=1S/C28H29FN2O/c1-30(2)27(12-6-19-4-9-24(29)10-5-19)28-25-11-7-20(17-23(25)18-32-28)21-8-13-26-22(16-21)14-15-31(26)3/h4-5,7-11,13-17,27-28H,6,12,18H2,1-3H3. The predicted molar refractivity (Wildman–Crippen MR) is 128 cm³/mol. The molecule has 2 heterocycles. The highest BCUT2D eigenvalue weighted by Crippen LogP contribution is 2.38. The summed E-state index contributed by atoms with van der Waals surface area (Å²) in [4.78, 5) is 2.25. The molecule has 164 valence electrons. The first-order valence-electron chi connectivity index (χ1n) is 11.2. The van der Waals surface area contributed by atoms with Gasteiger partial charge in [-0.15, -0.1) is 0 Å². The second-order valence-corrected chi connectivity index (χ2v) is 9.04. The van der Waals surface area contributed by atoms with Crippen molar-refractivity contribution in [2.24, 2.45) is 7.05 Å². The normalized spacial score (nSPS) is 16.6. The number of aromatic nitrogens is 1. The fourth-order valence-electron chi connectivity index (χ4n) is 4.88. The van der Waals surface area contributed by atoms with Gasteiger partial charge in [-0.1, -0.05) is 30.3 Å². The Balaban J connectivity index is 1.37. The Morgan fingerprint density at radius 1 is 1.00 bits per heavy atom. The quantitative estimate of drug-likeness (QED) is 0.368. The molecule has 2 unspecified atom stereocenters. The van der Waals surface area contributed by atoms with Gasteiger partial charge in [-0.25, -0.2) is 4.39 Å². The Morgan fingerprint density at radius 3 is 2.53 bits per heavy atom. The summed E-state index contributed by atoms with van der Waals surface area (Å²) in [7, 11) is 6.30. The van der Waals surface area contributed by atoms with Gasteiger partial charge in [0.05, 0.1) is 12.7 Å². The van der Waals surface area contributed by atoms with Crippen LogP contribution in [0.5, 0.6) is 0 Å². The van der Waals surface area contributed by atoms with E-state index >= 15 is 0 Å². The van der Waals surface area contributed by atoms with Crippen molar-refractivity contribution in [1.82, 2.24) is 9.47 Å². The van der Waals surface area contributed by atoms with Gasteiger partial charge in [-0.05, 0) is 91.2 Å². The van der Waals surface area contributed by atoms with Gasteiger partial charge in [0.15, 0.2) is 0 Å². The minimum Gasteiger partial charge on any atom is -0.367 e. The lowest BCUT2D eigenvalue weighted by atomic mass is 9.92. The summed E-state index contributed by atoms with van der Waals surface area (Å²) in [6.45, 7) is 0.641. The summed E-state index contributed by atoms with van der Waals surface area (Å²) >= 11 is 0. The van der Waals surface area contributed by atoms with Crippen LogP contribution < -0.4 is 0 Å². The molecule has 4 aromatic rings. The number of hydrogen-bond donors (Lipinski definition) is 0. The van der Waals surface area contributed by atoms with E-state index in [0.29, 0.717) is 6.61 Å². The molecule has 0 aliphatic carbocycles. The van der Waals surface area contributed by atoms with Crippen molar-refractivity contribution in [2.45, 2.75) is 31.6 Å². The highest BCUT2D eigenvalue weighted by Gasteiger charge is 2.32. The molecule has 32 heavy (non-hydrogen) atoms. The zero-order valence-electron chi connectivity index (χ0n) is 18.9. The van der Waals surface area contributed by atoms with Gasteiger partial charge < -0.3 is 14.2 Å². The first kappa shape index (κ1) is 20.9. The smallest absolute Gasteiger partial charge is 0.123 e. The van der Waals surface area contributed by atoms with E-state index in [9.17, 15) is 4.39 Å². The van der Waals surface area contributed by atoms with Crippen LogP contribution in [0.4, 0.5) is 4.39 Å². The largest absolute Gasteiger partial charge is 0.367 e. The molecule has 0 spiro atoms. The summed E-state index contributed by atoms with van der Waals surface area (Å²) in [6.07, 6.45) is 4.00. The average molecular weight is 429 g/mol. The molecule has 3 nitrogen and oxygen atoms in total. The van der Waals surface area contributed by atoms with Gasteiger partial charge in [-0.3, -0.25) is 0 Å². The van der Waals surface area contributed by atoms with Gasteiger partial charge in [-0.2, -0.15) is 0 Å². The van der Waals surface area contributed by atoms with Crippen molar-refractivity contribution in [3.8, 4) is 11.1 Å². The lowest BCUT2D eigenvalue weighted by Crippen LogP contribution is -2.34. The minimum absolute atomic E-state index is 0.0473. The molecule has 5 rings (SSSR count). The number of rotatable bonds is 6. The third kappa shape index (κ3) is 3.96. The first-order valence-corrected chi connectivity index (χ1v) is 11.2. The summed E-state index contributed by atoms with van der Waals surface area (Å²) in [6, 6.07) is 22.6. The summed E-state index contributed by atoms with van der Waals surface area (Å²) in [5.41, 5.74) is 7.42. The van der Waals surface area contributed by atoms with Crippen molar-refractivity contribution in [2.75, 3.05) is 14.1 Å². The molecule has 3 aromatic carbocycles. The monoisotopic (exact) mass is 428 g/mol. The summed E-state index contributed by atoms with van der Waals surface area (Å²) < 4.78 is 21.7. The molecule has 4 heteroatoms. The van der Waals surface area contributed by atoms with Crippen molar-refractivity contribution < 1.29 is 9.13 Å². The predicted octanol–water partition coefficient (Wildman–Crippen LogP) is 6.12. The topological polar surface area (TPSA) is 17.4 Å². The highest BCUT2D eigenvalue weighted by molar-refractivity contribution is 5.85. The van der Waals surface area contributed by atoms with Crippen LogP contribution >= 0.6 is 0 Å². The van der Waals surface area contributed by atoms with E-state index < -0.39 is 0 Å². The van der Waals surface area contributed by atoms with Gasteiger partial charge in [0.2, 0.25) is 0 Å². The van der Waals surface area contributed by atoms with Crippen LogP contribution in [-0.4, -0.2) is 29.6 Å². The second-order valence-electron chi connectivity index (χ2n) is 9.04. The summed E-state index contributed by atoms with van der Waals surface area (Å²) in [5, 5.41) is 1.26. The van der Waals surface area contributed by atoms with E-state index in [1.165, 1.54) is 45.3 Å². The molecule has 0 saturated carbocycles. The van der Waals surface area contributed by atoms with Gasteiger partial charge in [0.1, 0.15) is 5.82 Å². The number of benzene rings is 3. The maximum Gasteiger partial charge on any atom is 0.123 e. The number of halogens is 1. The van der Waals surface area contributed by atoms with E-state index in [0.717, 1.165) is 18.4 Å². The van der Waals surface area contributed by atoms with Crippen LogP contribution in [0.25, 0.3) is 22.0 Å². The number of aryl methyl sites for hydroxylation is 2. The Hall–Kier alpha value is -2.95. The average Bonchev–Trinajstić information content (AvgIpc) is 3.38. The zero-order valence-corrected chi connectivity index (χ0v) is 18.9. The molecule has 0 fully saturated rings. The van der Waals surface area contributed by atoms with E-state index in [2.05, 4.69) is 79.3 Å². The number of likely N-dealkylation sites (N-methyl/N-ethyl adjacent to an activating group) is 1. The van der Waals surface area contributed by atoms with E-state index in [1.54, 1.807) is 0 Å². The van der Waals surface area contributed by atoms with Crippen LogP contribution in [0, 0.1) is 5.82 Å². The Bertz CT molecular complexity index is 1240. The minimum atomic E-state index is -0.187. The zero-order chi connectivity index (χ0) is 22.2. The molecule has 0 saturated heterocycles. The van der Waals surface area contributed by atoms with Gasteiger partial charge in [0, 0.05) is 30.2 Å².